The summed E-state index contributed by atoms with van der Waals surface area (Å²) in [6.07, 6.45) is -0.498. The maximum atomic E-state index is 12.2. The number of nitrogens with zero attached hydrogens (tertiary/aromatic N) is 2. The number of hydrogen-bond donors (Lipinski definition) is 1. The van der Waals surface area contributed by atoms with Crippen LogP contribution >= 0.6 is 11.8 Å². The van der Waals surface area contributed by atoms with E-state index in [4.69, 9.17) is 9.84 Å². The third-order valence-corrected chi connectivity index (χ3v) is 8.41. The highest BCUT2D eigenvalue weighted by molar-refractivity contribution is 8.16. The number of fused-ring (bicyclic) bond motifs is 1. The number of sulfone groups is 1. The van der Waals surface area contributed by atoms with E-state index in [1.807, 2.05) is 42.5 Å². The van der Waals surface area contributed by atoms with E-state index in [1.54, 1.807) is 17.0 Å². The number of rotatable bonds is 7. The molecule has 2 aromatic carbocycles. The second kappa shape index (κ2) is 9.33. The Morgan fingerprint density at radius 1 is 1.06 bits per heavy atom. The van der Waals surface area contributed by atoms with Crippen LogP contribution in [0.3, 0.4) is 0 Å². The summed E-state index contributed by atoms with van der Waals surface area (Å²) >= 11 is 1.26. The number of hydrogen-bond acceptors (Lipinski definition) is 6. The molecule has 2 saturated heterocycles. The van der Waals surface area contributed by atoms with Crippen LogP contribution < -0.4 is 9.64 Å². The Kier molecular flexibility index (Phi) is 6.52. The number of carboxylic acid groups (broad SMARTS) is 1. The van der Waals surface area contributed by atoms with Gasteiger partial charge in [0.15, 0.2) is 15.0 Å². The molecule has 0 radical (unpaired) electrons. The molecule has 0 aromatic heterocycles. The van der Waals surface area contributed by atoms with E-state index in [2.05, 4.69) is 4.99 Å². The Bertz CT molecular complexity index is 1130. The number of benzene rings is 2. The maximum absolute atomic E-state index is 12.2. The number of carboxylic acids is 1. The van der Waals surface area contributed by atoms with Gasteiger partial charge in [-0.25, -0.2) is 8.42 Å². The Balaban J connectivity index is 1.53. The van der Waals surface area contributed by atoms with Crippen LogP contribution in [0.5, 0.6) is 5.75 Å². The summed E-state index contributed by atoms with van der Waals surface area (Å²) in [5.41, 5.74) is 1.75. The van der Waals surface area contributed by atoms with Gasteiger partial charge < -0.3 is 14.7 Å². The van der Waals surface area contributed by atoms with Crippen LogP contribution in [0.15, 0.2) is 59.6 Å². The van der Waals surface area contributed by atoms with Crippen LogP contribution in [0.2, 0.25) is 0 Å². The third-order valence-electron chi connectivity index (χ3n) is 5.20. The number of thioether (sulfide) groups is 1. The molecule has 2 heterocycles. The average Bonchev–Trinajstić information content (AvgIpc) is 3.22. The van der Waals surface area contributed by atoms with E-state index in [1.165, 1.54) is 11.8 Å². The lowest BCUT2D eigenvalue weighted by Gasteiger charge is -2.24. The molecule has 1 amide bonds. The lowest BCUT2D eigenvalue weighted by Crippen LogP contribution is -2.37. The van der Waals surface area contributed by atoms with Crippen molar-refractivity contribution in [2.24, 2.45) is 4.99 Å². The highest BCUT2D eigenvalue weighted by Gasteiger charge is 2.49. The molecule has 4 rings (SSSR count). The summed E-state index contributed by atoms with van der Waals surface area (Å²) in [6, 6.07) is 16.7. The molecule has 8 nitrogen and oxygen atoms in total. The zero-order chi connectivity index (χ0) is 22.7. The molecule has 2 fully saturated rings. The number of anilines is 1. The van der Waals surface area contributed by atoms with Crippen LogP contribution in [0.25, 0.3) is 0 Å². The first-order chi connectivity index (χ1) is 15.3. The zero-order valence-electron chi connectivity index (χ0n) is 17.1. The highest BCUT2D eigenvalue weighted by Crippen LogP contribution is 2.41. The van der Waals surface area contributed by atoms with Crippen LogP contribution in [0.1, 0.15) is 18.4 Å². The predicted molar refractivity (Wildman–Crippen MR) is 123 cm³/mol. The fourth-order valence-corrected chi connectivity index (χ4v) is 7.62. The van der Waals surface area contributed by atoms with Gasteiger partial charge in [-0.15, -0.1) is 0 Å². The lowest BCUT2D eigenvalue weighted by atomic mass is 10.2. The van der Waals surface area contributed by atoms with Gasteiger partial charge in [-0.3, -0.25) is 9.59 Å². The first kappa shape index (κ1) is 22.3. The van der Waals surface area contributed by atoms with E-state index in [9.17, 15) is 18.0 Å². The fraction of sp³-hybridized carbons (Fsp3) is 0.318. The van der Waals surface area contributed by atoms with Crippen molar-refractivity contribution in [1.29, 1.82) is 0 Å². The normalized spacial score (nSPS) is 22.6. The fourth-order valence-electron chi connectivity index (χ4n) is 3.69. The summed E-state index contributed by atoms with van der Waals surface area (Å²) in [5, 5.41) is 8.97. The summed E-state index contributed by atoms with van der Waals surface area (Å²) in [6.45, 7) is 0.424. The van der Waals surface area contributed by atoms with E-state index in [-0.39, 0.29) is 35.6 Å². The highest BCUT2D eigenvalue weighted by atomic mass is 32.2. The van der Waals surface area contributed by atoms with Gasteiger partial charge in [0.2, 0.25) is 5.91 Å². The molecule has 2 aliphatic heterocycles. The van der Waals surface area contributed by atoms with Gasteiger partial charge in [-0.1, -0.05) is 42.1 Å². The molecule has 0 spiro atoms. The summed E-state index contributed by atoms with van der Waals surface area (Å²) in [4.78, 5) is 28.8. The SMILES string of the molecule is O=C(O)CCC(=O)N=C1S[C@@H]2CS(=O)(=O)C[C@H]2N1c1ccc(OCc2ccccc2)cc1. The Morgan fingerprint density at radius 3 is 2.47 bits per heavy atom. The topological polar surface area (TPSA) is 113 Å². The Labute approximate surface area is 190 Å². The van der Waals surface area contributed by atoms with Gasteiger partial charge in [-0.2, -0.15) is 4.99 Å². The minimum Gasteiger partial charge on any atom is -0.489 e. The van der Waals surface area contributed by atoms with Crippen LogP contribution in [0, 0.1) is 0 Å². The molecular weight excluding hydrogens is 452 g/mol. The Hall–Kier alpha value is -2.85. The first-order valence-electron chi connectivity index (χ1n) is 10.1. The smallest absolute Gasteiger partial charge is 0.303 e. The minimum absolute atomic E-state index is 0.0146. The minimum atomic E-state index is -3.17. The molecule has 0 saturated carbocycles. The summed E-state index contributed by atoms with van der Waals surface area (Å²) < 4.78 is 30.2. The van der Waals surface area contributed by atoms with Crippen LogP contribution in [-0.4, -0.2) is 53.4 Å². The van der Waals surface area contributed by atoms with Crippen molar-refractivity contribution in [3.05, 3.63) is 60.2 Å². The van der Waals surface area contributed by atoms with Crippen LogP contribution in [-0.2, 0) is 26.0 Å². The number of aliphatic imine (C=N–C) groups is 1. The van der Waals surface area contributed by atoms with Gasteiger partial charge in [0, 0.05) is 17.4 Å². The number of aliphatic carboxylic acids is 1. The first-order valence-corrected chi connectivity index (χ1v) is 12.8. The second-order valence-electron chi connectivity index (χ2n) is 7.62. The van der Waals surface area contributed by atoms with E-state index in [0.717, 1.165) is 5.56 Å². The number of carbonyl (C=O) groups is 2. The van der Waals surface area contributed by atoms with Crippen molar-refractivity contribution in [3.63, 3.8) is 0 Å². The van der Waals surface area contributed by atoms with Crippen LogP contribution in [0.4, 0.5) is 5.69 Å². The lowest BCUT2D eigenvalue weighted by molar-refractivity contribution is -0.138. The van der Waals surface area contributed by atoms with Crippen molar-refractivity contribution >= 4 is 44.3 Å². The van der Waals surface area contributed by atoms with E-state index >= 15 is 0 Å². The molecule has 32 heavy (non-hydrogen) atoms. The van der Waals surface area contributed by atoms with E-state index in [0.29, 0.717) is 23.2 Å². The number of ether oxygens (including phenoxy) is 1. The molecule has 0 unspecified atom stereocenters. The Morgan fingerprint density at radius 2 is 1.78 bits per heavy atom. The van der Waals surface area contributed by atoms with Gasteiger partial charge in [-0.05, 0) is 29.8 Å². The average molecular weight is 475 g/mol. The van der Waals surface area contributed by atoms with E-state index < -0.39 is 21.7 Å². The molecule has 0 bridgehead atoms. The monoisotopic (exact) mass is 474 g/mol. The number of amides is 1. The van der Waals surface area contributed by atoms with Crippen molar-refractivity contribution < 1.29 is 27.9 Å². The summed E-state index contributed by atoms with van der Waals surface area (Å²) in [5.74, 6) is -0.927. The third kappa shape index (κ3) is 5.31. The molecular formula is C22H22N2O6S2. The largest absolute Gasteiger partial charge is 0.489 e. The summed E-state index contributed by atoms with van der Waals surface area (Å²) in [7, 11) is -3.17. The number of carbonyl (C=O) groups excluding carboxylic acids is 1. The molecule has 10 heteroatoms. The zero-order valence-corrected chi connectivity index (χ0v) is 18.7. The quantitative estimate of drug-likeness (QED) is 0.652. The molecule has 1 N–H and O–H groups in total. The molecule has 2 aromatic rings. The maximum Gasteiger partial charge on any atom is 0.303 e. The second-order valence-corrected chi connectivity index (χ2v) is 11.0. The van der Waals surface area contributed by atoms with Gasteiger partial charge in [0.1, 0.15) is 12.4 Å². The van der Waals surface area contributed by atoms with Crippen molar-refractivity contribution in [2.45, 2.75) is 30.7 Å². The van der Waals surface area contributed by atoms with Crippen molar-refractivity contribution in [3.8, 4) is 5.75 Å². The molecule has 2 aliphatic rings. The van der Waals surface area contributed by atoms with Gasteiger partial charge >= 0.3 is 5.97 Å². The van der Waals surface area contributed by atoms with Crippen molar-refractivity contribution in [2.75, 3.05) is 16.4 Å². The van der Waals surface area contributed by atoms with Gasteiger partial charge in [0.05, 0.1) is 24.0 Å². The molecule has 168 valence electrons. The standard InChI is InChI=1S/C22H22N2O6S2/c25-20(10-11-21(26)27)23-22-24(18-13-32(28,29)14-19(18)31-22)16-6-8-17(9-7-16)30-12-15-4-2-1-3-5-15/h1-9,18-19H,10-14H2,(H,26,27)/t18-,19-/m1/s1. The van der Waals surface area contributed by atoms with Gasteiger partial charge in [0.25, 0.3) is 0 Å². The molecule has 2 atom stereocenters. The van der Waals surface area contributed by atoms with Crippen molar-refractivity contribution in [1.82, 2.24) is 0 Å². The predicted octanol–water partition coefficient (Wildman–Crippen LogP) is 2.73. The number of amidine groups is 1. The molecule has 0 aliphatic carbocycles.